The summed E-state index contributed by atoms with van der Waals surface area (Å²) in [6, 6.07) is 42.7. The van der Waals surface area contributed by atoms with Crippen molar-refractivity contribution in [1.82, 2.24) is 0 Å². The van der Waals surface area contributed by atoms with Gasteiger partial charge in [0.2, 0.25) is 8.32 Å². The summed E-state index contributed by atoms with van der Waals surface area (Å²) in [4.78, 5) is 0. The van der Waals surface area contributed by atoms with Crippen LogP contribution in [-0.2, 0) is 14.5 Å². The maximum atomic E-state index is 7.48. The Labute approximate surface area is 231 Å². The largest absolute Gasteiger partial charge is 0.547 e. The number of hydrogen-bond acceptors (Lipinski definition) is 2. The molecule has 38 heavy (non-hydrogen) atoms. The molecule has 0 aromatic heterocycles. The third-order valence-corrected chi connectivity index (χ3v) is 8.01. The van der Waals surface area contributed by atoms with E-state index in [1.54, 1.807) is 0 Å². The monoisotopic (exact) mass is 536 g/mol. The van der Waals surface area contributed by atoms with Gasteiger partial charge in [0.05, 0.1) is 11.7 Å². The van der Waals surface area contributed by atoms with Crippen molar-refractivity contribution in [2.75, 3.05) is 0 Å². The van der Waals surface area contributed by atoms with Gasteiger partial charge in [0, 0.05) is 0 Å². The van der Waals surface area contributed by atoms with E-state index in [9.17, 15) is 0 Å². The third-order valence-electron chi connectivity index (χ3n) is 6.23. The summed E-state index contributed by atoms with van der Waals surface area (Å²) < 4.78 is 14.5. The maximum absolute atomic E-state index is 7.48. The van der Waals surface area contributed by atoms with E-state index in [1.165, 1.54) is 5.56 Å². The summed E-state index contributed by atoms with van der Waals surface area (Å²) in [5, 5.41) is 0. The summed E-state index contributed by atoms with van der Waals surface area (Å²) in [5.74, 6) is 0.722. The van der Waals surface area contributed by atoms with Crippen LogP contribution in [0, 0.1) is 0 Å². The van der Waals surface area contributed by atoms with Gasteiger partial charge in [0.15, 0.2) is 8.32 Å². The molecule has 4 aromatic rings. The number of benzene rings is 4. The highest BCUT2D eigenvalue weighted by atomic mass is 28.4. The normalized spacial score (nSPS) is 13.7. The van der Waals surface area contributed by atoms with Gasteiger partial charge < -0.3 is 8.85 Å². The summed E-state index contributed by atoms with van der Waals surface area (Å²) in [6.45, 7) is 13.6. The van der Waals surface area contributed by atoms with Gasteiger partial charge in [-0.05, 0) is 67.6 Å². The standard InChI is InChI=1S/C34H40O2Si2/c1-37(2,3)35-32(27-28-19-11-7-12-20-28)33(29-21-13-8-14-22-29)34(36-38(4,5)6,30-23-15-9-16-24-30)31-25-17-10-18-26-31/h7-27,33H,1-6H3. The molecule has 0 saturated heterocycles. The summed E-state index contributed by atoms with van der Waals surface area (Å²) in [7, 11) is -4.14. The second-order valence-electron chi connectivity index (χ2n) is 11.7. The maximum Gasteiger partial charge on any atom is 0.241 e. The zero-order valence-electron chi connectivity index (χ0n) is 23.5. The van der Waals surface area contributed by atoms with Crippen molar-refractivity contribution in [1.29, 1.82) is 0 Å². The molecule has 4 heteroatoms. The van der Waals surface area contributed by atoms with E-state index in [1.807, 2.05) is 0 Å². The highest BCUT2D eigenvalue weighted by Crippen LogP contribution is 2.51. The molecule has 0 fully saturated rings. The molecule has 4 aromatic carbocycles. The zero-order chi connectivity index (χ0) is 27.2. The molecule has 1 atom stereocenters. The van der Waals surface area contributed by atoms with Gasteiger partial charge in [0.25, 0.3) is 0 Å². The lowest BCUT2D eigenvalue weighted by Gasteiger charge is -2.47. The Morgan fingerprint density at radius 3 is 1.42 bits per heavy atom. The van der Waals surface area contributed by atoms with Gasteiger partial charge in [-0.15, -0.1) is 0 Å². The Balaban J connectivity index is 2.14. The molecule has 0 heterocycles. The Morgan fingerprint density at radius 2 is 1.00 bits per heavy atom. The van der Waals surface area contributed by atoms with E-state index in [0.29, 0.717) is 0 Å². The molecule has 0 saturated carbocycles. The van der Waals surface area contributed by atoms with Crippen LogP contribution in [0.1, 0.15) is 28.2 Å². The van der Waals surface area contributed by atoms with Gasteiger partial charge in [-0.1, -0.05) is 121 Å². The average Bonchev–Trinajstić information content (AvgIpc) is 2.89. The summed E-state index contributed by atoms with van der Waals surface area (Å²) in [6.07, 6.45) is 2.23. The first-order valence-electron chi connectivity index (χ1n) is 13.4. The fourth-order valence-corrected chi connectivity index (χ4v) is 7.22. The van der Waals surface area contributed by atoms with Crippen molar-refractivity contribution >= 4 is 22.7 Å². The van der Waals surface area contributed by atoms with Crippen LogP contribution < -0.4 is 0 Å². The molecule has 0 radical (unpaired) electrons. The molecule has 196 valence electrons. The molecule has 4 rings (SSSR count). The summed E-state index contributed by atoms with van der Waals surface area (Å²) >= 11 is 0. The Bertz CT molecular complexity index is 1270. The van der Waals surface area contributed by atoms with Gasteiger partial charge in [-0.25, -0.2) is 0 Å². The molecule has 0 bridgehead atoms. The van der Waals surface area contributed by atoms with Crippen molar-refractivity contribution < 1.29 is 8.85 Å². The van der Waals surface area contributed by atoms with Crippen LogP contribution in [0.15, 0.2) is 127 Å². The van der Waals surface area contributed by atoms with Crippen LogP contribution in [0.25, 0.3) is 6.08 Å². The van der Waals surface area contributed by atoms with Gasteiger partial charge >= 0.3 is 0 Å². The minimum Gasteiger partial charge on any atom is -0.547 e. The molecule has 2 nitrogen and oxygen atoms in total. The predicted molar refractivity (Wildman–Crippen MR) is 166 cm³/mol. The van der Waals surface area contributed by atoms with Crippen molar-refractivity contribution in [3.63, 3.8) is 0 Å². The van der Waals surface area contributed by atoms with Crippen LogP contribution in [0.5, 0.6) is 0 Å². The highest BCUT2D eigenvalue weighted by Gasteiger charge is 2.49. The first-order chi connectivity index (χ1) is 18.1. The Kier molecular flexibility index (Phi) is 8.56. The fraction of sp³-hybridized carbons (Fsp3) is 0.235. The lowest BCUT2D eigenvalue weighted by molar-refractivity contribution is 0.0688. The van der Waals surface area contributed by atoms with Crippen LogP contribution in [0.4, 0.5) is 0 Å². The molecule has 1 unspecified atom stereocenters. The van der Waals surface area contributed by atoms with E-state index in [-0.39, 0.29) is 5.92 Å². The first kappa shape index (κ1) is 27.8. The Hall–Kier alpha value is -3.19. The predicted octanol–water partition coefficient (Wildman–Crippen LogP) is 9.46. The van der Waals surface area contributed by atoms with Crippen LogP contribution in [-0.4, -0.2) is 16.6 Å². The molecule has 0 amide bonds. The fourth-order valence-electron chi connectivity index (χ4n) is 5.01. The van der Waals surface area contributed by atoms with Crippen LogP contribution in [0.2, 0.25) is 39.3 Å². The average molecular weight is 537 g/mol. The molecule has 0 aliphatic rings. The Morgan fingerprint density at radius 1 is 0.579 bits per heavy atom. The van der Waals surface area contributed by atoms with E-state index < -0.39 is 22.2 Å². The topological polar surface area (TPSA) is 18.5 Å². The van der Waals surface area contributed by atoms with Gasteiger partial charge in [0.1, 0.15) is 5.60 Å². The smallest absolute Gasteiger partial charge is 0.241 e. The van der Waals surface area contributed by atoms with E-state index in [4.69, 9.17) is 8.85 Å². The lowest BCUT2D eigenvalue weighted by atomic mass is 9.71. The minimum absolute atomic E-state index is 0.216. The first-order valence-corrected chi connectivity index (χ1v) is 20.2. The van der Waals surface area contributed by atoms with Crippen molar-refractivity contribution in [2.24, 2.45) is 0 Å². The quantitative estimate of drug-likeness (QED) is 0.148. The molecular formula is C34H40O2Si2. The zero-order valence-corrected chi connectivity index (χ0v) is 25.5. The second-order valence-corrected chi connectivity index (χ2v) is 20.6. The molecule has 0 aliphatic heterocycles. The molecule has 0 aliphatic carbocycles. The van der Waals surface area contributed by atoms with E-state index >= 15 is 0 Å². The van der Waals surface area contributed by atoms with Crippen molar-refractivity contribution in [2.45, 2.75) is 50.8 Å². The van der Waals surface area contributed by atoms with Gasteiger partial charge in [-0.3, -0.25) is 0 Å². The highest BCUT2D eigenvalue weighted by molar-refractivity contribution is 6.70. The van der Waals surface area contributed by atoms with Crippen molar-refractivity contribution in [3.8, 4) is 0 Å². The van der Waals surface area contributed by atoms with E-state index in [2.05, 4.69) is 167 Å². The molecular weight excluding hydrogens is 497 g/mol. The minimum atomic E-state index is -2.12. The van der Waals surface area contributed by atoms with Gasteiger partial charge in [-0.2, -0.15) is 0 Å². The number of hydrogen-bond donors (Lipinski definition) is 0. The van der Waals surface area contributed by atoms with Crippen molar-refractivity contribution in [3.05, 3.63) is 149 Å². The van der Waals surface area contributed by atoms with E-state index in [0.717, 1.165) is 22.4 Å². The summed E-state index contributed by atoms with van der Waals surface area (Å²) in [5.41, 5.74) is 3.74. The molecule has 0 spiro atoms. The van der Waals surface area contributed by atoms with Crippen LogP contribution in [0.3, 0.4) is 0 Å². The molecule has 0 N–H and O–H groups in total. The lowest BCUT2D eigenvalue weighted by Crippen LogP contribution is -2.47. The number of rotatable bonds is 10. The second kappa shape index (κ2) is 11.7. The SMILES string of the molecule is C[Si](C)(C)OC(=Cc1ccccc1)C(c1ccccc1)C(O[Si](C)(C)C)(c1ccccc1)c1ccccc1. The third kappa shape index (κ3) is 6.81. The van der Waals surface area contributed by atoms with Crippen LogP contribution >= 0.6 is 0 Å².